The average Bonchev–Trinajstić information content (AvgIpc) is 2.79. The van der Waals surface area contributed by atoms with E-state index in [-0.39, 0.29) is 36.8 Å². The van der Waals surface area contributed by atoms with Crippen molar-refractivity contribution in [2.24, 2.45) is 17.8 Å². The molecule has 0 aromatic carbocycles. The summed E-state index contributed by atoms with van der Waals surface area (Å²) >= 11 is 0. The molecule has 2 aliphatic rings. The van der Waals surface area contributed by atoms with Crippen molar-refractivity contribution >= 4 is 23.9 Å². The number of piperidine rings is 2. The number of likely N-dealkylation sites (tertiary alicyclic amines) is 1. The Bertz CT molecular complexity index is 650. The van der Waals surface area contributed by atoms with Crippen LogP contribution in [0, 0.1) is 17.8 Å². The zero-order valence-corrected chi connectivity index (χ0v) is 19.2. The minimum Gasteiger partial charge on any atom is -0.480 e. The van der Waals surface area contributed by atoms with Gasteiger partial charge in [-0.2, -0.15) is 0 Å². The number of nitrogens with zero attached hydrogens (tertiary/aromatic N) is 1. The van der Waals surface area contributed by atoms with E-state index in [0.717, 1.165) is 38.8 Å². The maximum absolute atomic E-state index is 12.6. The highest BCUT2D eigenvalue weighted by atomic mass is 16.5. The van der Waals surface area contributed by atoms with Gasteiger partial charge >= 0.3 is 12.1 Å². The van der Waals surface area contributed by atoms with Crippen LogP contribution >= 0.6 is 0 Å². The molecule has 0 unspecified atom stereocenters. The molecule has 182 valence electrons. The van der Waals surface area contributed by atoms with Gasteiger partial charge in [0.2, 0.25) is 11.8 Å². The molecule has 32 heavy (non-hydrogen) atoms. The van der Waals surface area contributed by atoms with E-state index in [2.05, 4.69) is 16.0 Å². The SMILES string of the molecule is CC(C)COC(=O)N[C@H](CNC(=O)[C@@H]1CCCN(C(=O)CCC2CCNCC2)C1)C(=O)O. The van der Waals surface area contributed by atoms with Crippen molar-refractivity contribution in [3.05, 3.63) is 0 Å². The van der Waals surface area contributed by atoms with Crippen molar-refractivity contribution < 1.29 is 29.0 Å². The Hall–Kier alpha value is -2.36. The summed E-state index contributed by atoms with van der Waals surface area (Å²) < 4.78 is 4.94. The van der Waals surface area contributed by atoms with Gasteiger partial charge in [-0.3, -0.25) is 9.59 Å². The van der Waals surface area contributed by atoms with Gasteiger partial charge in [0.25, 0.3) is 0 Å². The highest BCUT2D eigenvalue weighted by Crippen LogP contribution is 2.21. The van der Waals surface area contributed by atoms with Crippen molar-refractivity contribution in [3.63, 3.8) is 0 Å². The maximum atomic E-state index is 12.6. The number of hydrogen-bond acceptors (Lipinski definition) is 6. The molecule has 2 atom stereocenters. The van der Waals surface area contributed by atoms with Crippen LogP contribution in [0.5, 0.6) is 0 Å². The largest absolute Gasteiger partial charge is 0.480 e. The van der Waals surface area contributed by atoms with E-state index in [1.54, 1.807) is 4.90 Å². The van der Waals surface area contributed by atoms with E-state index in [1.807, 2.05) is 13.8 Å². The molecule has 0 aromatic rings. The Kier molecular flexibility index (Phi) is 10.7. The number of nitrogens with one attached hydrogen (secondary N) is 3. The lowest BCUT2D eigenvalue weighted by Gasteiger charge is -2.33. The molecular weight excluding hydrogens is 416 g/mol. The van der Waals surface area contributed by atoms with Gasteiger partial charge in [-0.1, -0.05) is 13.8 Å². The molecule has 10 heteroatoms. The summed E-state index contributed by atoms with van der Waals surface area (Å²) in [6.45, 7) is 6.67. The van der Waals surface area contributed by atoms with Gasteiger partial charge in [-0.15, -0.1) is 0 Å². The highest BCUT2D eigenvalue weighted by molar-refractivity contribution is 5.83. The summed E-state index contributed by atoms with van der Waals surface area (Å²) in [6.07, 6.45) is 4.13. The summed E-state index contributed by atoms with van der Waals surface area (Å²) in [4.78, 5) is 50.2. The minimum absolute atomic E-state index is 0.0824. The molecule has 0 bridgehead atoms. The van der Waals surface area contributed by atoms with Crippen molar-refractivity contribution in [1.29, 1.82) is 0 Å². The van der Waals surface area contributed by atoms with Crippen LogP contribution in [0.2, 0.25) is 0 Å². The lowest BCUT2D eigenvalue weighted by atomic mass is 9.92. The molecule has 4 N–H and O–H groups in total. The number of carbonyl (C=O) groups is 4. The molecule has 3 amide bonds. The van der Waals surface area contributed by atoms with E-state index in [4.69, 9.17) is 4.74 Å². The lowest BCUT2D eigenvalue weighted by molar-refractivity contribution is -0.139. The van der Waals surface area contributed by atoms with Gasteiger partial charge in [0.05, 0.1) is 12.5 Å². The molecule has 2 aliphatic heterocycles. The van der Waals surface area contributed by atoms with Crippen LogP contribution in [0.1, 0.15) is 52.4 Å². The third-order valence-electron chi connectivity index (χ3n) is 5.99. The fourth-order valence-electron chi connectivity index (χ4n) is 4.05. The molecule has 10 nitrogen and oxygen atoms in total. The zero-order valence-electron chi connectivity index (χ0n) is 19.2. The van der Waals surface area contributed by atoms with Crippen LogP contribution in [0.4, 0.5) is 4.79 Å². The first kappa shape index (κ1) is 25.9. The van der Waals surface area contributed by atoms with E-state index in [1.165, 1.54) is 0 Å². The smallest absolute Gasteiger partial charge is 0.407 e. The molecule has 2 heterocycles. The van der Waals surface area contributed by atoms with Crippen LogP contribution in [-0.4, -0.2) is 79.3 Å². The number of carboxylic acid groups (broad SMARTS) is 1. The molecular formula is C22H38N4O6. The predicted molar refractivity (Wildman–Crippen MR) is 118 cm³/mol. The second kappa shape index (κ2) is 13.2. The molecule has 0 spiro atoms. The van der Waals surface area contributed by atoms with E-state index in [0.29, 0.717) is 31.8 Å². The molecule has 0 radical (unpaired) electrons. The minimum atomic E-state index is -1.29. The quantitative estimate of drug-likeness (QED) is 0.386. The van der Waals surface area contributed by atoms with Crippen LogP contribution < -0.4 is 16.0 Å². The Morgan fingerprint density at radius 2 is 1.88 bits per heavy atom. The van der Waals surface area contributed by atoms with Crippen molar-refractivity contribution in [2.75, 3.05) is 39.3 Å². The Morgan fingerprint density at radius 3 is 2.53 bits per heavy atom. The number of ether oxygens (including phenoxy) is 1. The van der Waals surface area contributed by atoms with E-state index < -0.39 is 18.1 Å². The molecule has 2 fully saturated rings. The normalized spacial score (nSPS) is 20.5. The number of carbonyl (C=O) groups excluding carboxylic acids is 3. The van der Waals surface area contributed by atoms with Crippen LogP contribution in [-0.2, 0) is 19.1 Å². The Morgan fingerprint density at radius 1 is 1.16 bits per heavy atom. The van der Waals surface area contributed by atoms with Gasteiger partial charge in [0, 0.05) is 26.1 Å². The molecule has 0 aliphatic carbocycles. The number of amides is 3. The van der Waals surface area contributed by atoms with Crippen LogP contribution in [0.3, 0.4) is 0 Å². The maximum Gasteiger partial charge on any atom is 0.407 e. The second-order valence-electron chi connectivity index (χ2n) is 9.18. The number of alkyl carbamates (subject to hydrolysis) is 1. The van der Waals surface area contributed by atoms with Gasteiger partial charge < -0.3 is 30.7 Å². The van der Waals surface area contributed by atoms with Gasteiger partial charge in [0.1, 0.15) is 6.04 Å². The first-order valence-corrected chi connectivity index (χ1v) is 11.7. The Balaban J connectivity index is 1.76. The highest BCUT2D eigenvalue weighted by Gasteiger charge is 2.30. The fourth-order valence-corrected chi connectivity index (χ4v) is 4.05. The predicted octanol–water partition coefficient (Wildman–Crippen LogP) is 0.956. The van der Waals surface area contributed by atoms with Crippen molar-refractivity contribution in [1.82, 2.24) is 20.9 Å². The molecule has 0 aromatic heterocycles. The van der Waals surface area contributed by atoms with Gasteiger partial charge in [-0.25, -0.2) is 9.59 Å². The first-order valence-electron chi connectivity index (χ1n) is 11.7. The molecule has 2 rings (SSSR count). The number of aliphatic carboxylic acids is 1. The zero-order chi connectivity index (χ0) is 23.5. The standard InChI is InChI=1S/C22H38N4O6/c1-15(2)14-32-22(31)25-18(21(29)30)12-24-20(28)17-4-3-11-26(13-17)19(27)6-5-16-7-9-23-10-8-16/h15-18,23H,3-14H2,1-2H3,(H,24,28)(H,25,31)(H,29,30)/t17-,18-/m1/s1. The topological polar surface area (TPSA) is 137 Å². The van der Waals surface area contributed by atoms with Crippen molar-refractivity contribution in [3.8, 4) is 0 Å². The summed E-state index contributed by atoms with van der Waals surface area (Å²) in [5, 5.41) is 17.5. The van der Waals surface area contributed by atoms with Gasteiger partial charge in [0.15, 0.2) is 0 Å². The van der Waals surface area contributed by atoms with Crippen LogP contribution in [0.25, 0.3) is 0 Å². The number of carboxylic acids is 1. The summed E-state index contributed by atoms with van der Waals surface area (Å²) in [5.41, 5.74) is 0. The van der Waals surface area contributed by atoms with E-state index in [9.17, 15) is 24.3 Å². The number of hydrogen-bond donors (Lipinski definition) is 4. The average molecular weight is 455 g/mol. The van der Waals surface area contributed by atoms with E-state index >= 15 is 0 Å². The second-order valence-corrected chi connectivity index (χ2v) is 9.18. The summed E-state index contributed by atoms with van der Waals surface area (Å²) in [6, 6.07) is -1.29. The monoisotopic (exact) mass is 454 g/mol. The fraction of sp³-hybridized carbons (Fsp3) is 0.818. The first-order chi connectivity index (χ1) is 15.3. The van der Waals surface area contributed by atoms with Crippen LogP contribution in [0.15, 0.2) is 0 Å². The summed E-state index contributed by atoms with van der Waals surface area (Å²) in [5.74, 6) is -1.15. The summed E-state index contributed by atoms with van der Waals surface area (Å²) in [7, 11) is 0. The third kappa shape index (κ3) is 9.02. The molecule has 2 saturated heterocycles. The van der Waals surface area contributed by atoms with Crippen molar-refractivity contribution in [2.45, 2.75) is 58.4 Å². The third-order valence-corrected chi connectivity index (χ3v) is 5.99. The number of rotatable bonds is 10. The Labute approximate surface area is 189 Å². The lowest BCUT2D eigenvalue weighted by Crippen LogP contribution is -2.51. The van der Waals surface area contributed by atoms with Gasteiger partial charge in [-0.05, 0) is 57.0 Å². The molecule has 0 saturated carbocycles.